The number of methoxy groups -OCH3 is 1. The molecule has 0 atom stereocenters. The average Bonchev–Trinajstić information content (AvgIpc) is 2.89. The van der Waals surface area contributed by atoms with E-state index in [0.717, 1.165) is 11.4 Å². The fraction of sp³-hybridized carbons (Fsp3) is 0.429. The molecule has 3 rings (SSSR count). The van der Waals surface area contributed by atoms with Gasteiger partial charge in [0.05, 0.1) is 44.0 Å². The Morgan fingerprint density at radius 2 is 2.19 bits per heavy atom. The van der Waals surface area contributed by atoms with E-state index in [4.69, 9.17) is 9.47 Å². The summed E-state index contributed by atoms with van der Waals surface area (Å²) in [5.41, 5.74) is 1.57. The number of carbonyl (C=O) groups is 1. The number of ether oxygens (including phenoxy) is 2. The summed E-state index contributed by atoms with van der Waals surface area (Å²) in [6.07, 6.45) is 3.33. The van der Waals surface area contributed by atoms with Crippen molar-refractivity contribution in [1.82, 2.24) is 19.5 Å². The Kier molecular flexibility index (Phi) is 3.21. The first-order chi connectivity index (χ1) is 10.0. The lowest BCUT2D eigenvalue weighted by atomic mass is 9.84. The molecule has 110 valence electrons. The van der Waals surface area contributed by atoms with Gasteiger partial charge in [-0.05, 0) is 13.0 Å². The van der Waals surface area contributed by atoms with E-state index >= 15 is 0 Å². The van der Waals surface area contributed by atoms with E-state index in [1.807, 2.05) is 14.0 Å². The highest BCUT2D eigenvalue weighted by Gasteiger charge is 2.38. The lowest BCUT2D eigenvalue weighted by molar-refractivity contribution is -0.0521. The summed E-state index contributed by atoms with van der Waals surface area (Å²) < 4.78 is 11.9. The Morgan fingerprint density at radius 1 is 1.43 bits per heavy atom. The van der Waals surface area contributed by atoms with Crippen molar-refractivity contribution in [3.63, 3.8) is 0 Å². The second-order valence-corrected chi connectivity index (χ2v) is 5.40. The Balaban J connectivity index is 2.13. The van der Waals surface area contributed by atoms with Crippen LogP contribution in [0.25, 0.3) is 11.5 Å². The molecule has 2 aromatic heterocycles. The Labute approximate surface area is 122 Å². The number of esters is 1. The molecule has 1 fully saturated rings. The monoisotopic (exact) mass is 288 g/mol. The van der Waals surface area contributed by atoms with Gasteiger partial charge in [-0.3, -0.25) is 0 Å². The van der Waals surface area contributed by atoms with E-state index in [1.54, 1.807) is 23.2 Å². The van der Waals surface area contributed by atoms with Crippen molar-refractivity contribution in [1.29, 1.82) is 0 Å². The largest absolute Gasteiger partial charge is 0.464 e. The van der Waals surface area contributed by atoms with Crippen LogP contribution in [0.2, 0.25) is 0 Å². The van der Waals surface area contributed by atoms with Crippen LogP contribution in [0.1, 0.15) is 23.1 Å². The minimum atomic E-state index is -0.481. The van der Waals surface area contributed by atoms with Gasteiger partial charge in [-0.15, -0.1) is 0 Å². The van der Waals surface area contributed by atoms with E-state index in [2.05, 4.69) is 15.0 Å². The predicted molar refractivity (Wildman–Crippen MR) is 73.7 cm³/mol. The molecule has 0 amide bonds. The predicted octanol–water partition coefficient (Wildman–Crippen LogP) is 0.952. The van der Waals surface area contributed by atoms with Crippen LogP contribution in [0.5, 0.6) is 0 Å². The highest BCUT2D eigenvalue weighted by molar-refractivity contribution is 5.87. The minimum absolute atomic E-state index is 0.195. The third-order valence-corrected chi connectivity index (χ3v) is 3.63. The average molecular weight is 288 g/mol. The third-order valence-electron chi connectivity index (χ3n) is 3.63. The van der Waals surface area contributed by atoms with Crippen LogP contribution in [0.15, 0.2) is 18.6 Å². The van der Waals surface area contributed by atoms with Gasteiger partial charge in [-0.2, -0.15) is 0 Å². The minimum Gasteiger partial charge on any atom is -0.464 e. The summed E-state index contributed by atoms with van der Waals surface area (Å²) in [5, 5.41) is 0. The Morgan fingerprint density at radius 3 is 2.71 bits per heavy atom. The zero-order valence-electron chi connectivity index (χ0n) is 12.2. The van der Waals surface area contributed by atoms with Gasteiger partial charge in [-0.25, -0.2) is 19.7 Å². The van der Waals surface area contributed by atoms with Gasteiger partial charge in [-0.1, -0.05) is 0 Å². The zero-order chi connectivity index (χ0) is 15.0. The summed E-state index contributed by atoms with van der Waals surface area (Å²) in [6, 6.07) is 1.67. The molecule has 0 bridgehead atoms. The van der Waals surface area contributed by atoms with Crippen molar-refractivity contribution >= 4 is 5.97 Å². The molecule has 0 unspecified atom stereocenters. The van der Waals surface area contributed by atoms with Crippen molar-refractivity contribution in [2.75, 3.05) is 20.3 Å². The van der Waals surface area contributed by atoms with Gasteiger partial charge in [0, 0.05) is 7.05 Å². The maximum absolute atomic E-state index is 11.8. The van der Waals surface area contributed by atoms with E-state index in [1.165, 1.54) is 7.11 Å². The number of rotatable bonds is 3. The number of hydrogen-bond acceptors (Lipinski definition) is 6. The van der Waals surface area contributed by atoms with Crippen LogP contribution in [0.3, 0.4) is 0 Å². The highest BCUT2D eigenvalue weighted by Crippen LogP contribution is 2.31. The molecule has 0 spiro atoms. The van der Waals surface area contributed by atoms with Gasteiger partial charge < -0.3 is 14.0 Å². The molecular formula is C14H16N4O3. The quantitative estimate of drug-likeness (QED) is 0.782. The molecule has 3 heterocycles. The standard InChI is InChI=1S/C14H16N4O3/c1-14(6-21-7-14)11-4-9(13(19)20-3)16-12(17-11)10-5-15-8-18(10)2/h4-5,8H,6-7H2,1-3H3. The zero-order valence-corrected chi connectivity index (χ0v) is 12.2. The fourth-order valence-electron chi connectivity index (χ4n) is 2.21. The molecule has 21 heavy (non-hydrogen) atoms. The molecule has 7 heteroatoms. The number of aromatic nitrogens is 4. The van der Waals surface area contributed by atoms with Gasteiger partial charge in [0.1, 0.15) is 5.69 Å². The summed E-state index contributed by atoms with van der Waals surface area (Å²) in [5.74, 6) is -0.0214. The van der Waals surface area contributed by atoms with Gasteiger partial charge >= 0.3 is 5.97 Å². The maximum Gasteiger partial charge on any atom is 0.356 e. The molecule has 1 aliphatic rings. The van der Waals surface area contributed by atoms with E-state index in [-0.39, 0.29) is 11.1 Å². The number of aryl methyl sites for hydroxylation is 1. The van der Waals surface area contributed by atoms with Crippen molar-refractivity contribution in [2.45, 2.75) is 12.3 Å². The van der Waals surface area contributed by atoms with Crippen molar-refractivity contribution in [3.05, 3.63) is 30.0 Å². The second kappa shape index (κ2) is 4.92. The van der Waals surface area contributed by atoms with E-state index in [9.17, 15) is 4.79 Å². The summed E-state index contributed by atoms with van der Waals surface area (Å²) in [6.45, 7) is 3.21. The molecule has 0 aliphatic carbocycles. The Hall–Kier alpha value is -2.28. The fourth-order valence-corrected chi connectivity index (χ4v) is 2.21. The summed E-state index contributed by atoms with van der Waals surface area (Å²) in [4.78, 5) is 24.8. The first kappa shape index (κ1) is 13.7. The van der Waals surface area contributed by atoms with Crippen LogP contribution in [0.4, 0.5) is 0 Å². The molecule has 7 nitrogen and oxygen atoms in total. The molecule has 0 aromatic carbocycles. The maximum atomic E-state index is 11.8. The highest BCUT2D eigenvalue weighted by atomic mass is 16.5. The number of hydrogen-bond donors (Lipinski definition) is 0. The van der Waals surface area contributed by atoms with Crippen molar-refractivity contribution in [3.8, 4) is 11.5 Å². The van der Waals surface area contributed by atoms with E-state index < -0.39 is 5.97 Å². The molecule has 0 radical (unpaired) electrons. The topological polar surface area (TPSA) is 79.1 Å². The van der Waals surface area contributed by atoms with Crippen LogP contribution >= 0.6 is 0 Å². The number of carbonyl (C=O) groups excluding carboxylic acids is 1. The van der Waals surface area contributed by atoms with E-state index in [0.29, 0.717) is 19.0 Å². The lowest BCUT2D eigenvalue weighted by Gasteiger charge is -2.37. The van der Waals surface area contributed by atoms with Gasteiger partial charge in [0.2, 0.25) is 0 Å². The van der Waals surface area contributed by atoms with Crippen LogP contribution in [0, 0.1) is 0 Å². The summed E-state index contributed by atoms with van der Waals surface area (Å²) >= 11 is 0. The van der Waals surface area contributed by atoms with Crippen LogP contribution in [-0.2, 0) is 21.9 Å². The van der Waals surface area contributed by atoms with Gasteiger partial charge in [0.25, 0.3) is 0 Å². The normalized spacial score (nSPS) is 16.3. The Bertz CT molecular complexity index is 691. The second-order valence-electron chi connectivity index (χ2n) is 5.40. The third kappa shape index (κ3) is 2.29. The van der Waals surface area contributed by atoms with Gasteiger partial charge in [0.15, 0.2) is 11.5 Å². The molecule has 1 saturated heterocycles. The molecular weight excluding hydrogens is 272 g/mol. The smallest absolute Gasteiger partial charge is 0.356 e. The molecule has 2 aromatic rings. The first-order valence-electron chi connectivity index (χ1n) is 6.56. The molecule has 0 saturated carbocycles. The van der Waals surface area contributed by atoms with Crippen LogP contribution in [-0.4, -0.2) is 45.8 Å². The van der Waals surface area contributed by atoms with Crippen LogP contribution < -0.4 is 0 Å². The first-order valence-corrected chi connectivity index (χ1v) is 6.56. The summed E-state index contributed by atoms with van der Waals surface area (Å²) in [7, 11) is 3.19. The number of imidazole rings is 1. The van der Waals surface area contributed by atoms with Crippen molar-refractivity contribution < 1.29 is 14.3 Å². The number of nitrogens with zero attached hydrogens (tertiary/aromatic N) is 4. The van der Waals surface area contributed by atoms with Crippen molar-refractivity contribution in [2.24, 2.45) is 7.05 Å². The lowest BCUT2D eigenvalue weighted by Crippen LogP contribution is -2.44. The molecule has 1 aliphatic heterocycles. The molecule has 0 N–H and O–H groups in total. The SMILES string of the molecule is COC(=O)c1cc(C2(C)COC2)nc(-c2cncn2C)n1.